The third kappa shape index (κ3) is 4.43. The molecule has 0 unspecified atom stereocenters. The number of anilines is 1. The van der Waals surface area contributed by atoms with Crippen LogP contribution in [-0.2, 0) is 17.5 Å². The van der Waals surface area contributed by atoms with Crippen molar-refractivity contribution in [1.82, 2.24) is 9.13 Å². The molecule has 156 valence electrons. The van der Waals surface area contributed by atoms with Crippen molar-refractivity contribution in [1.29, 1.82) is 0 Å². The molecule has 3 rings (SSSR count). The molecular weight excluding hydrogens is 403 g/mol. The van der Waals surface area contributed by atoms with Gasteiger partial charge in [0.05, 0.1) is 18.4 Å². The van der Waals surface area contributed by atoms with Gasteiger partial charge in [-0.25, -0.2) is 0 Å². The van der Waals surface area contributed by atoms with Crippen molar-refractivity contribution in [2.24, 2.45) is 0 Å². The van der Waals surface area contributed by atoms with Crippen molar-refractivity contribution in [3.8, 4) is 11.4 Å². The monoisotopic (exact) mass is 419 g/mol. The molecule has 2 aromatic carbocycles. The number of carbonyl (C=O) groups is 1. The molecule has 10 heteroatoms. The van der Waals surface area contributed by atoms with Crippen molar-refractivity contribution >= 4 is 11.6 Å². The van der Waals surface area contributed by atoms with E-state index in [0.717, 1.165) is 33.4 Å². The van der Waals surface area contributed by atoms with E-state index in [9.17, 15) is 27.6 Å². The Bertz CT molecular complexity index is 1180. The van der Waals surface area contributed by atoms with E-state index >= 15 is 0 Å². The molecule has 0 spiro atoms. The second kappa shape index (κ2) is 8.27. The van der Waals surface area contributed by atoms with E-state index in [2.05, 4.69) is 5.32 Å². The number of para-hydroxylation sites is 2. The van der Waals surface area contributed by atoms with Crippen LogP contribution < -0.4 is 21.2 Å². The van der Waals surface area contributed by atoms with Crippen molar-refractivity contribution < 1.29 is 22.7 Å². The molecule has 0 saturated carbocycles. The van der Waals surface area contributed by atoms with Crippen LogP contribution in [0.15, 0.2) is 70.5 Å². The van der Waals surface area contributed by atoms with Crippen LogP contribution in [0.3, 0.4) is 0 Å². The third-order valence-corrected chi connectivity index (χ3v) is 4.21. The lowest BCUT2D eigenvalue weighted by Crippen LogP contribution is -2.41. The number of rotatable bonds is 5. The second-order valence-electron chi connectivity index (χ2n) is 6.20. The molecular formula is C20H16F3N3O4. The number of nitrogens with one attached hydrogen (secondary N) is 1. The van der Waals surface area contributed by atoms with Gasteiger partial charge in [-0.1, -0.05) is 12.1 Å². The Labute approximate surface area is 168 Å². The van der Waals surface area contributed by atoms with Gasteiger partial charge in [-0.3, -0.25) is 23.5 Å². The number of nitrogens with zero attached hydrogens (tertiary/aromatic N) is 2. The van der Waals surface area contributed by atoms with E-state index < -0.39 is 35.3 Å². The number of carbonyl (C=O) groups excluding carboxylic acids is 1. The highest BCUT2D eigenvalue weighted by molar-refractivity contribution is 5.90. The van der Waals surface area contributed by atoms with Crippen LogP contribution in [0, 0.1) is 0 Å². The van der Waals surface area contributed by atoms with E-state index in [-0.39, 0.29) is 5.69 Å². The second-order valence-corrected chi connectivity index (χ2v) is 6.20. The van der Waals surface area contributed by atoms with Crippen molar-refractivity contribution in [3.05, 3.63) is 87.2 Å². The average molecular weight is 419 g/mol. The number of ether oxygens (including phenoxy) is 1. The van der Waals surface area contributed by atoms with Gasteiger partial charge in [-0.2, -0.15) is 13.2 Å². The van der Waals surface area contributed by atoms with E-state index in [1.807, 2.05) is 0 Å². The predicted octanol–water partition coefficient (Wildman–Crippen LogP) is 2.67. The highest BCUT2D eigenvalue weighted by atomic mass is 19.4. The lowest BCUT2D eigenvalue weighted by atomic mass is 10.2. The molecule has 0 fully saturated rings. The summed E-state index contributed by atoms with van der Waals surface area (Å²) in [7, 11) is 1.43. The summed E-state index contributed by atoms with van der Waals surface area (Å²) in [6, 6.07) is 10.5. The summed E-state index contributed by atoms with van der Waals surface area (Å²) in [4.78, 5) is 37.0. The third-order valence-electron chi connectivity index (χ3n) is 4.21. The Morgan fingerprint density at radius 1 is 1.00 bits per heavy atom. The van der Waals surface area contributed by atoms with Gasteiger partial charge in [0.25, 0.3) is 0 Å². The van der Waals surface area contributed by atoms with E-state index in [4.69, 9.17) is 4.74 Å². The zero-order valence-corrected chi connectivity index (χ0v) is 15.6. The summed E-state index contributed by atoms with van der Waals surface area (Å²) in [5.74, 6) is -0.289. The number of hydrogen-bond acceptors (Lipinski definition) is 4. The van der Waals surface area contributed by atoms with Crippen LogP contribution in [0.4, 0.5) is 18.9 Å². The molecule has 7 nitrogen and oxygen atoms in total. The Hall–Kier alpha value is -3.82. The molecule has 0 atom stereocenters. The van der Waals surface area contributed by atoms with Gasteiger partial charge in [0.15, 0.2) is 0 Å². The summed E-state index contributed by atoms with van der Waals surface area (Å²) in [6.07, 6.45) is -1.89. The smallest absolute Gasteiger partial charge is 0.416 e. The predicted molar refractivity (Wildman–Crippen MR) is 103 cm³/mol. The van der Waals surface area contributed by atoms with Crippen molar-refractivity contribution in [2.75, 3.05) is 12.4 Å². The molecule has 0 bridgehead atoms. The van der Waals surface area contributed by atoms with Crippen LogP contribution in [0.2, 0.25) is 0 Å². The van der Waals surface area contributed by atoms with Crippen LogP contribution in [-0.4, -0.2) is 22.2 Å². The number of benzene rings is 2. The number of alkyl halides is 3. The molecule has 1 N–H and O–H groups in total. The van der Waals surface area contributed by atoms with Gasteiger partial charge in [-0.15, -0.1) is 0 Å². The minimum absolute atomic E-state index is 0.128. The zero-order chi connectivity index (χ0) is 21.9. The summed E-state index contributed by atoms with van der Waals surface area (Å²) < 4.78 is 45.0. The number of methoxy groups -OCH3 is 1. The maximum Gasteiger partial charge on any atom is 0.416 e. The van der Waals surface area contributed by atoms with Crippen LogP contribution in [0.5, 0.6) is 5.75 Å². The largest absolute Gasteiger partial charge is 0.495 e. The van der Waals surface area contributed by atoms with Crippen LogP contribution in [0.1, 0.15) is 5.56 Å². The summed E-state index contributed by atoms with van der Waals surface area (Å²) in [5, 5.41) is 2.39. The molecule has 1 aromatic heterocycles. The topological polar surface area (TPSA) is 82.3 Å². The summed E-state index contributed by atoms with van der Waals surface area (Å²) >= 11 is 0. The van der Waals surface area contributed by atoms with Crippen LogP contribution in [0.25, 0.3) is 5.69 Å². The minimum atomic E-state index is -4.48. The van der Waals surface area contributed by atoms with Gasteiger partial charge >= 0.3 is 17.3 Å². The minimum Gasteiger partial charge on any atom is -0.495 e. The average Bonchev–Trinajstić information content (AvgIpc) is 2.71. The quantitative estimate of drug-likeness (QED) is 0.645. The number of halogens is 3. The van der Waals surface area contributed by atoms with Crippen molar-refractivity contribution in [3.63, 3.8) is 0 Å². The lowest BCUT2D eigenvalue weighted by Gasteiger charge is -2.12. The molecule has 0 saturated heterocycles. The molecule has 3 aromatic rings. The maximum absolute atomic E-state index is 12.6. The highest BCUT2D eigenvalue weighted by Gasteiger charge is 2.30. The molecule has 0 aliphatic rings. The van der Waals surface area contributed by atoms with Gasteiger partial charge in [0.1, 0.15) is 12.3 Å². The molecule has 0 aliphatic heterocycles. The van der Waals surface area contributed by atoms with Gasteiger partial charge < -0.3 is 10.1 Å². The number of amides is 1. The Balaban J connectivity index is 1.79. The van der Waals surface area contributed by atoms with E-state index in [1.54, 1.807) is 24.3 Å². The highest BCUT2D eigenvalue weighted by Crippen LogP contribution is 2.29. The molecule has 1 amide bonds. The van der Waals surface area contributed by atoms with Crippen LogP contribution >= 0.6 is 0 Å². The first-order valence-electron chi connectivity index (χ1n) is 8.63. The standard InChI is InChI=1S/C20H16F3N3O4/c1-30-16-5-3-2-4-15(16)26-11-10-25(18(28)19(26)29)12-17(27)24-14-8-6-13(7-9-14)20(21,22)23/h2-11H,12H2,1H3,(H,24,27). The lowest BCUT2D eigenvalue weighted by molar-refractivity contribution is -0.137. The zero-order valence-electron chi connectivity index (χ0n) is 15.6. The van der Waals surface area contributed by atoms with E-state index in [0.29, 0.717) is 11.4 Å². The molecule has 1 heterocycles. The van der Waals surface area contributed by atoms with Gasteiger partial charge in [0.2, 0.25) is 5.91 Å². The normalized spacial score (nSPS) is 11.2. The Kier molecular flexibility index (Phi) is 5.77. The van der Waals surface area contributed by atoms with E-state index in [1.165, 1.54) is 19.5 Å². The Morgan fingerprint density at radius 3 is 2.30 bits per heavy atom. The number of aromatic nitrogens is 2. The van der Waals surface area contributed by atoms with Crippen molar-refractivity contribution in [2.45, 2.75) is 12.7 Å². The molecule has 30 heavy (non-hydrogen) atoms. The fourth-order valence-corrected chi connectivity index (χ4v) is 2.75. The summed E-state index contributed by atoms with van der Waals surface area (Å²) in [6.45, 7) is -0.484. The maximum atomic E-state index is 12.6. The molecule has 0 radical (unpaired) electrons. The Morgan fingerprint density at radius 2 is 1.67 bits per heavy atom. The fraction of sp³-hybridized carbons (Fsp3) is 0.150. The first-order valence-corrected chi connectivity index (χ1v) is 8.63. The first kappa shape index (κ1) is 20.9. The number of hydrogen-bond donors (Lipinski definition) is 1. The van der Waals surface area contributed by atoms with Gasteiger partial charge in [-0.05, 0) is 36.4 Å². The molecule has 0 aliphatic carbocycles. The fourth-order valence-electron chi connectivity index (χ4n) is 2.75. The van der Waals surface area contributed by atoms with Gasteiger partial charge in [0, 0.05) is 18.1 Å². The summed E-state index contributed by atoms with van der Waals surface area (Å²) in [5.41, 5.74) is -2.18. The first-order chi connectivity index (χ1) is 14.2. The SMILES string of the molecule is COc1ccccc1-n1ccn(CC(=O)Nc2ccc(C(F)(F)F)cc2)c(=O)c1=O.